The normalized spacial score (nSPS) is 12.6. The molecular formula is C13H27NO2. The van der Waals surface area contributed by atoms with Crippen LogP contribution >= 0.6 is 0 Å². The Hall–Kier alpha value is -0.570. The number of hydrogen-bond acceptors (Lipinski definition) is 3. The van der Waals surface area contributed by atoms with Crippen LogP contribution in [0, 0.1) is 0 Å². The van der Waals surface area contributed by atoms with E-state index in [1.54, 1.807) is 0 Å². The molecule has 0 saturated heterocycles. The second-order valence-electron chi connectivity index (χ2n) is 4.73. The SMILES string of the molecule is CCC(N)(CC)CC(CC)(CC)OC(C)=O. The molecule has 0 fully saturated rings. The third kappa shape index (κ3) is 4.12. The highest BCUT2D eigenvalue weighted by Crippen LogP contribution is 2.32. The number of nitrogens with two attached hydrogens (primary N) is 1. The minimum atomic E-state index is -0.382. The minimum Gasteiger partial charge on any atom is -0.459 e. The maximum atomic E-state index is 11.2. The Kier molecular flexibility index (Phi) is 6.01. The van der Waals surface area contributed by atoms with E-state index in [-0.39, 0.29) is 17.1 Å². The van der Waals surface area contributed by atoms with Gasteiger partial charge in [-0.2, -0.15) is 0 Å². The second-order valence-corrected chi connectivity index (χ2v) is 4.73. The van der Waals surface area contributed by atoms with Crippen molar-refractivity contribution in [3.63, 3.8) is 0 Å². The van der Waals surface area contributed by atoms with E-state index in [2.05, 4.69) is 27.7 Å². The first-order chi connectivity index (χ1) is 7.37. The molecule has 0 rings (SSSR count). The van der Waals surface area contributed by atoms with Gasteiger partial charge in [-0.1, -0.05) is 27.7 Å². The predicted octanol–water partition coefficient (Wildman–Crippen LogP) is 3.02. The van der Waals surface area contributed by atoms with Crippen LogP contribution in [-0.2, 0) is 9.53 Å². The number of ether oxygens (including phenoxy) is 1. The van der Waals surface area contributed by atoms with Crippen LogP contribution < -0.4 is 5.73 Å². The fourth-order valence-electron chi connectivity index (χ4n) is 2.13. The number of carbonyl (C=O) groups is 1. The average molecular weight is 229 g/mol. The molecule has 0 saturated carbocycles. The highest BCUT2D eigenvalue weighted by molar-refractivity contribution is 5.66. The molecule has 0 atom stereocenters. The van der Waals surface area contributed by atoms with Crippen LogP contribution in [0.25, 0.3) is 0 Å². The lowest BCUT2D eigenvalue weighted by Gasteiger charge is -2.39. The molecule has 0 aliphatic heterocycles. The van der Waals surface area contributed by atoms with E-state index in [0.29, 0.717) is 0 Å². The molecule has 16 heavy (non-hydrogen) atoms. The van der Waals surface area contributed by atoms with E-state index < -0.39 is 0 Å². The number of hydrogen-bond donors (Lipinski definition) is 1. The van der Waals surface area contributed by atoms with E-state index in [9.17, 15) is 4.79 Å². The molecule has 0 radical (unpaired) electrons. The Morgan fingerprint density at radius 1 is 1.06 bits per heavy atom. The summed E-state index contributed by atoms with van der Waals surface area (Å²) in [6.07, 6.45) is 4.21. The lowest BCUT2D eigenvalue weighted by molar-refractivity contribution is -0.160. The first-order valence-electron chi connectivity index (χ1n) is 6.35. The summed E-state index contributed by atoms with van der Waals surface area (Å²) >= 11 is 0. The third-order valence-corrected chi connectivity index (χ3v) is 3.73. The Bertz CT molecular complexity index is 218. The fourth-order valence-corrected chi connectivity index (χ4v) is 2.13. The minimum absolute atomic E-state index is 0.210. The van der Waals surface area contributed by atoms with Gasteiger partial charge >= 0.3 is 5.97 Å². The Labute approximate surface area is 99.7 Å². The number of carbonyl (C=O) groups excluding carboxylic acids is 1. The van der Waals surface area contributed by atoms with E-state index in [0.717, 1.165) is 32.1 Å². The molecule has 3 heteroatoms. The highest BCUT2D eigenvalue weighted by Gasteiger charge is 2.37. The van der Waals surface area contributed by atoms with Crippen LogP contribution in [0.5, 0.6) is 0 Å². The maximum absolute atomic E-state index is 11.2. The number of rotatable bonds is 7. The van der Waals surface area contributed by atoms with Crippen LogP contribution in [0.1, 0.15) is 66.7 Å². The van der Waals surface area contributed by atoms with Crippen molar-refractivity contribution in [1.82, 2.24) is 0 Å². The van der Waals surface area contributed by atoms with E-state index in [1.807, 2.05) is 0 Å². The van der Waals surface area contributed by atoms with Gasteiger partial charge in [0.05, 0.1) is 0 Å². The lowest BCUT2D eigenvalue weighted by Crippen LogP contribution is -2.48. The summed E-state index contributed by atoms with van der Waals surface area (Å²) in [5.41, 5.74) is 5.72. The Morgan fingerprint density at radius 3 is 1.75 bits per heavy atom. The van der Waals surface area contributed by atoms with Gasteiger partial charge in [0, 0.05) is 18.9 Å². The second kappa shape index (κ2) is 6.24. The first kappa shape index (κ1) is 15.4. The quantitative estimate of drug-likeness (QED) is 0.683. The van der Waals surface area contributed by atoms with E-state index in [1.165, 1.54) is 6.92 Å². The largest absolute Gasteiger partial charge is 0.459 e. The topological polar surface area (TPSA) is 52.3 Å². The van der Waals surface area contributed by atoms with Gasteiger partial charge in [0.2, 0.25) is 0 Å². The molecule has 0 aliphatic rings. The van der Waals surface area contributed by atoms with E-state index >= 15 is 0 Å². The smallest absolute Gasteiger partial charge is 0.303 e. The molecule has 0 bridgehead atoms. The standard InChI is InChI=1S/C13H27NO2/c1-6-12(14,7-2)10-13(8-3,9-4)16-11(5)15/h6-10,14H2,1-5H3. The van der Waals surface area contributed by atoms with Gasteiger partial charge in [0.25, 0.3) is 0 Å². The molecule has 96 valence electrons. The van der Waals surface area contributed by atoms with Crippen molar-refractivity contribution >= 4 is 5.97 Å². The van der Waals surface area contributed by atoms with Gasteiger partial charge in [0.15, 0.2) is 0 Å². The van der Waals surface area contributed by atoms with Crippen molar-refractivity contribution < 1.29 is 9.53 Å². The van der Waals surface area contributed by atoms with Crippen molar-refractivity contribution in [2.45, 2.75) is 77.9 Å². The molecule has 0 aliphatic carbocycles. The van der Waals surface area contributed by atoms with Crippen molar-refractivity contribution in [1.29, 1.82) is 0 Å². The van der Waals surface area contributed by atoms with Crippen LogP contribution in [0.4, 0.5) is 0 Å². The predicted molar refractivity (Wildman–Crippen MR) is 67.2 cm³/mol. The molecule has 0 aromatic heterocycles. The molecule has 0 aromatic rings. The fraction of sp³-hybridized carbons (Fsp3) is 0.923. The molecule has 0 unspecified atom stereocenters. The first-order valence-corrected chi connectivity index (χ1v) is 6.35. The molecule has 0 heterocycles. The van der Waals surface area contributed by atoms with Crippen molar-refractivity contribution in [2.24, 2.45) is 5.73 Å². The zero-order chi connectivity index (χ0) is 12.8. The van der Waals surface area contributed by atoms with Crippen LogP contribution in [0.2, 0.25) is 0 Å². The van der Waals surface area contributed by atoms with Crippen LogP contribution in [0.15, 0.2) is 0 Å². The van der Waals surface area contributed by atoms with Gasteiger partial charge in [-0.25, -0.2) is 0 Å². The van der Waals surface area contributed by atoms with Crippen LogP contribution in [-0.4, -0.2) is 17.1 Å². The van der Waals surface area contributed by atoms with Crippen molar-refractivity contribution in [3.8, 4) is 0 Å². The van der Waals surface area contributed by atoms with Gasteiger partial charge in [-0.05, 0) is 25.7 Å². The summed E-state index contributed by atoms with van der Waals surface area (Å²) in [5.74, 6) is -0.210. The molecule has 0 aromatic carbocycles. The zero-order valence-corrected chi connectivity index (χ0v) is 11.4. The lowest BCUT2D eigenvalue weighted by atomic mass is 9.78. The molecule has 0 amide bonds. The van der Waals surface area contributed by atoms with E-state index in [4.69, 9.17) is 10.5 Å². The summed E-state index contributed by atoms with van der Waals surface area (Å²) < 4.78 is 5.52. The summed E-state index contributed by atoms with van der Waals surface area (Å²) in [6.45, 7) is 9.76. The summed E-state index contributed by atoms with van der Waals surface area (Å²) in [5, 5.41) is 0. The van der Waals surface area contributed by atoms with Gasteiger partial charge in [0.1, 0.15) is 5.60 Å². The van der Waals surface area contributed by atoms with Crippen molar-refractivity contribution in [2.75, 3.05) is 0 Å². The Balaban J connectivity index is 4.84. The van der Waals surface area contributed by atoms with Gasteiger partial charge in [-0.15, -0.1) is 0 Å². The van der Waals surface area contributed by atoms with Crippen LogP contribution in [0.3, 0.4) is 0 Å². The maximum Gasteiger partial charge on any atom is 0.303 e. The van der Waals surface area contributed by atoms with Gasteiger partial charge < -0.3 is 10.5 Å². The summed E-state index contributed by atoms with van der Waals surface area (Å²) in [6, 6.07) is 0. The zero-order valence-electron chi connectivity index (χ0n) is 11.4. The van der Waals surface area contributed by atoms with Crippen molar-refractivity contribution in [3.05, 3.63) is 0 Å². The number of esters is 1. The molecule has 2 N–H and O–H groups in total. The van der Waals surface area contributed by atoms with Gasteiger partial charge in [-0.3, -0.25) is 4.79 Å². The summed E-state index contributed by atoms with van der Waals surface area (Å²) in [4.78, 5) is 11.2. The summed E-state index contributed by atoms with van der Waals surface area (Å²) in [7, 11) is 0. The average Bonchev–Trinajstić information content (AvgIpc) is 2.27. The molecule has 0 spiro atoms. The molecule has 3 nitrogen and oxygen atoms in total. The third-order valence-electron chi connectivity index (χ3n) is 3.73. The Morgan fingerprint density at radius 2 is 1.50 bits per heavy atom. The molecular weight excluding hydrogens is 202 g/mol. The monoisotopic (exact) mass is 229 g/mol. The highest BCUT2D eigenvalue weighted by atomic mass is 16.6.